The van der Waals surface area contributed by atoms with Crippen molar-refractivity contribution in [1.29, 1.82) is 0 Å². The highest BCUT2D eigenvalue weighted by molar-refractivity contribution is 8.23. The summed E-state index contributed by atoms with van der Waals surface area (Å²) in [5.41, 5.74) is 1.33. The van der Waals surface area contributed by atoms with Gasteiger partial charge in [0.05, 0.1) is 15.7 Å². The molecule has 166 valence electrons. The van der Waals surface area contributed by atoms with Crippen LogP contribution < -0.4 is 15.4 Å². The van der Waals surface area contributed by atoms with E-state index >= 15 is 0 Å². The summed E-state index contributed by atoms with van der Waals surface area (Å²) in [5, 5.41) is 7.84. The van der Waals surface area contributed by atoms with Crippen LogP contribution in [0.3, 0.4) is 0 Å². The maximum Gasteiger partial charge on any atom is 0.238 e. The second-order valence-corrected chi connectivity index (χ2v) is 10.3. The van der Waals surface area contributed by atoms with Crippen LogP contribution in [0.5, 0.6) is 0 Å². The van der Waals surface area contributed by atoms with Crippen LogP contribution in [0, 0.1) is 5.82 Å². The molecule has 0 saturated carbocycles. The Morgan fingerprint density at radius 3 is 2.39 bits per heavy atom. The second-order valence-electron chi connectivity index (χ2n) is 6.74. The Bertz CT molecular complexity index is 1080. The summed E-state index contributed by atoms with van der Waals surface area (Å²) < 4.78 is 36.5. The number of anilines is 2. The number of amides is 1. The molecule has 12 heteroatoms. The molecule has 1 aliphatic rings. The Kier molecular flexibility index (Phi) is 7.76. The molecule has 0 atom stereocenters. The minimum Gasteiger partial charge on any atom is -0.368 e. The minimum absolute atomic E-state index is 0.0249. The van der Waals surface area contributed by atoms with Gasteiger partial charge in [-0.05, 0) is 42.5 Å². The summed E-state index contributed by atoms with van der Waals surface area (Å²) in [4.78, 5) is 16.3. The molecular formula is C19H20ClFN4O3S3. The Morgan fingerprint density at radius 2 is 1.81 bits per heavy atom. The average Bonchev–Trinajstić information content (AvgIpc) is 2.74. The van der Waals surface area contributed by atoms with Crippen molar-refractivity contribution in [3.8, 4) is 0 Å². The quantitative estimate of drug-likeness (QED) is 0.607. The molecule has 0 spiro atoms. The maximum absolute atomic E-state index is 13.3. The zero-order valence-corrected chi connectivity index (χ0v) is 19.5. The van der Waals surface area contributed by atoms with E-state index in [1.807, 2.05) is 4.90 Å². The number of nitrogens with one attached hydrogen (secondary N) is 1. The first-order chi connectivity index (χ1) is 14.6. The summed E-state index contributed by atoms with van der Waals surface area (Å²) in [6.45, 7) is 2.76. The number of halogens is 2. The highest BCUT2D eigenvalue weighted by Gasteiger charge is 2.20. The molecule has 1 heterocycles. The molecule has 1 saturated heterocycles. The summed E-state index contributed by atoms with van der Waals surface area (Å²) in [6, 6.07) is 10.3. The lowest BCUT2D eigenvalue weighted by molar-refractivity contribution is -0.113. The van der Waals surface area contributed by atoms with Crippen molar-refractivity contribution in [2.45, 2.75) is 4.90 Å². The number of nitrogens with zero attached hydrogens (tertiary/aromatic N) is 2. The van der Waals surface area contributed by atoms with Crippen molar-refractivity contribution >= 4 is 67.2 Å². The zero-order chi connectivity index (χ0) is 22.6. The molecule has 1 aliphatic heterocycles. The number of thiocarbonyl (C=S) groups is 1. The van der Waals surface area contributed by atoms with Gasteiger partial charge in [0.15, 0.2) is 0 Å². The molecule has 1 amide bonds. The Morgan fingerprint density at radius 1 is 1.16 bits per heavy atom. The van der Waals surface area contributed by atoms with Gasteiger partial charge in [0, 0.05) is 37.6 Å². The lowest BCUT2D eigenvalue weighted by Gasteiger charge is -2.37. The number of thioether (sulfide) groups is 1. The van der Waals surface area contributed by atoms with Crippen molar-refractivity contribution in [3.63, 3.8) is 0 Å². The molecule has 31 heavy (non-hydrogen) atoms. The smallest absolute Gasteiger partial charge is 0.238 e. The number of carbonyl (C=O) groups is 1. The predicted molar refractivity (Wildman–Crippen MR) is 127 cm³/mol. The fourth-order valence-corrected chi connectivity index (χ4v) is 4.71. The summed E-state index contributed by atoms with van der Waals surface area (Å²) in [5.74, 6) is -0.570. The Labute approximate surface area is 194 Å². The van der Waals surface area contributed by atoms with Crippen LogP contribution in [-0.2, 0) is 14.8 Å². The first-order valence-electron chi connectivity index (χ1n) is 9.18. The third-order valence-corrected chi connectivity index (χ3v) is 7.34. The van der Waals surface area contributed by atoms with Gasteiger partial charge in [-0.3, -0.25) is 4.79 Å². The van der Waals surface area contributed by atoms with E-state index in [0.29, 0.717) is 36.2 Å². The number of nitrogens with two attached hydrogens (primary N) is 1. The fraction of sp³-hybridized carbons (Fsp3) is 0.263. The highest BCUT2D eigenvalue weighted by Crippen LogP contribution is 2.24. The van der Waals surface area contributed by atoms with Gasteiger partial charge in [-0.25, -0.2) is 17.9 Å². The molecule has 3 N–H and O–H groups in total. The highest BCUT2D eigenvalue weighted by atomic mass is 35.5. The third-order valence-electron chi connectivity index (χ3n) is 4.60. The van der Waals surface area contributed by atoms with E-state index in [-0.39, 0.29) is 21.6 Å². The van der Waals surface area contributed by atoms with Crippen molar-refractivity contribution < 1.29 is 17.6 Å². The van der Waals surface area contributed by atoms with Gasteiger partial charge >= 0.3 is 0 Å². The van der Waals surface area contributed by atoms with E-state index in [0.717, 1.165) is 5.69 Å². The standard InChI is InChI=1S/C19H20ClFN4O3S3/c20-16-11-14(3-6-17(16)21)24-7-9-25(10-8-24)19(29)30-12-18(26)23-13-1-4-15(5-2-13)31(22,27)28/h1-6,11H,7-10,12H2,(H,23,26)(H2,22,27,28). The molecule has 0 radical (unpaired) electrons. The van der Waals surface area contributed by atoms with E-state index in [1.165, 1.54) is 42.1 Å². The van der Waals surface area contributed by atoms with Crippen LogP contribution in [0.1, 0.15) is 0 Å². The summed E-state index contributed by atoms with van der Waals surface area (Å²) >= 11 is 12.6. The molecule has 2 aromatic carbocycles. The molecule has 0 aliphatic carbocycles. The van der Waals surface area contributed by atoms with Crippen LogP contribution in [0.25, 0.3) is 0 Å². The van der Waals surface area contributed by atoms with Crippen LogP contribution >= 0.6 is 35.6 Å². The number of carbonyl (C=O) groups excluding carboxylic acids is 1. The van der Waals surface area contributed by atoms with Crippen molar-refractivity contribution in [2.75, 3.05) is 42.1 Å². The van der Waals surface area contributed by atoms with Gasteiger partial charge in [0.2, 0.25) is 15.9 Å². The minimum atomic E-state index is -3.77. The topological polar surface area (TPSA) is 95.7 Å². The van der Waals surface area contributed by atoms with E-state index < -0.39 is 15.8 Å². The number of piperazine rings is 1. The molecular weight excluding hydrogens is 483 g/mol. The molecule has 2 aromatic rings. The number of sulfonamides is 1. The molecule has 0 aromatic heterocycles. The average molecular weight is 503 g/mol. The molecule has 1 fully saturated rings. The van der Waals surface area contributed by atoms with E-state index in [2.05, 4.69) is 10.2 Å². The third kappa shape index (κ3) is 6.53. The number of hydrogen-bond donors (Lipinski definition) is 2. The number of primary sulfonamides is 1. The Balaban J connectivity index is 1.44. The molecule has 3 rings (SSSR count). The van der Waals surface area contributed by atoms with E-state index in [4.69, 9.17) is 29.0 Å². The molecule has 0 unspecified atom stereocenters. The number of benzene rings is 2. The number of rotatable bonds is 5. The summed E-state index contributed by atoms with van der Waals surface area (Å²) in [7, 11) is -3.77. The maximum atomic E-state index is 13.3. The monoisotopic (exact) mass is 502 g/mol. The van der Waals surface area contributed by atoms with Crippen molar-refractivity contribution in [1.82, 2.24) is 4.90 Å². The van der Waals surface area contributed by atoms with Crippen LogP contribution in [0.4, 0.5) is 15.8 Å². The van der Waals surface area contributed by atoms with Gasteiger partial charge in [0.1, 0.15) is 10.1 Å². The van der Waals surface area contributed by atoms with Crippen LogP contribution in [-0.4, -0.2) is 55.5 Å². The Hall–Kier alpha value is -1.92. The number of hydrogen-bond acceptors (Lipinski definition) is 6. The largest absolute Gasteiger partial charge is 0.368 e. The normalized spacial score (nSPS) is 14.4. The van der Waals surface area contributed by atoms with E-state index in [1.54, 1.807) is 12.1 Å². The van der Waals surface area contributed by atoms with Crippen molar-refractivity contribution in [3.05, 3.63) is 53.3 Å². The first kappa shape index (κ1) is 23.7. The fourth-order valence-electron chi connectivity index (χ4n) is 2.97. The second kappa shape index (κ2) is 10.1. The SMILES string of the molecule is NS(=O)(=O)c1ccc(NC(=O)CSC(=S)N2CCN(c3ccc(F)c(Cl)c3)CC2)cc1. The summed E-state index contributed by atoms with van der Waals surface area (Å²) in [6.07, 6.45) is 0. The predicted octanol–water partition coefficient (Wildman–Crippen LogP) is 2.91. The van der Waals surface area contributed by atoms with Crippen molar-refractivity contribution in [2.24, 2.45) is 5.14 Å². The van der Waals surface area contributed by atoms with Gasteiger partial charge in [-0.1, -0.05) is 35.6 Å². The van der Waals surface area contributed by atoms with Gasteiger partial charge in [-0.15, -0.1) is 0 Å². The zero-order valence-electron chi connectivity index (χ0n) is 16.3. The lowest BCUT2D eigenvalue weighted by Crippen LogP contribution is -2.47. The van der Waals surface area contributed by atoms with Gasteiger partial charge in [0.25, 0.3) is 0 Å². The van der Waals surface area contributed by atoms with Gasteiger partial charge in [-0.2, -0.15) is 0 Å². The van der Waals surface area contributed by atoms with Crippen LogP contribution in [0.15, 0.2) is 47.4 Å². The first-order valence-corrected chi connectivity index (χ1v) is 12.5. The van der Waals surface area contributed by atoms with E-state index in [9.17, 15) is 17.6 Å². The van der Waals surface area contributed by atoms with Gasteiger partial charge < -0.3 is 15.1 Å². The van der Waals surface area contributed by atoms with Crippen LogP contribution in [0.2, 0.25) is 5.02 Å². The lowest BCUT2D eigenvalue weighted by atomic mass is 10.2. The molecule has 0 bridgehead atoms. The molecule has 7 nitrogen and oxygen atoms in total.